The van der Waals surface area contributed by atoms with Crippen molar-refractivity contribution >= 4 is 29.1 Å². The van der Waals surface area contributed by atoms with Crippen LogP contribution in [0.25, 0.3) is 0 Å². The molecule has 1 saturated heterocycles. The van der Waals surface area contributed by atoms with E-state index in [1.165, 1.54) is 0 Å². The Labute approximate surface area is 110 Å². The Morgan fingerprint density at radius 3 is 2.65 bits per heavy atom. The van der Waals surface area contributed by atoms with Gasteiger partial charge in [-0.15, -0.1) is 0 Å². The molecule has 2 rings (SSSR count). The van der Waals surface area contributed by atoms with Gasteiger partial charge in [-0.3, -0.25) is 4.79 Å². The predicted molar refractivity (Wildman–Crippen MR) is 69.8 cm³/mol. The maximum atomic E-state index is 11.9. The molecule has 1 aliphatic rings. The molecule has 3 nitrogen and oxygen atoms in total. The number of hydrogen-bond donors (Lipinski definition) is 2. The van der Waals surface area contributed by atoms with Crippen molar-refractivity contribution in [2.24, 2.45) is 5.92 Å². The molecule has 0 unspecified atom stereocenters. The number of rotatable bonds is 3. The van der Waals surface area contributed by atoms with Gasteiger partial charge in [-0.05, 0) is 43.6 Å². The summed E-state index contributed by atoms with van der Waals surface area (Å²) in [6.45, 7) is 2.69. The lowest BCUT2D eigenvalue weighted by Crippen LogP contribution is -2.30. The van der Waals surface area contributed by atoms with E-state index in [-0.39, 0.29) is 5.91 Å². The smallest absolute Gasteiger partial charge is 0.251 e. The average molecular weight is 273 g/mol. The van der Waals surface area contributed by atoms with Gasteiger partial charge in [0, 0.05) is 22.2 Å². The number of halogens is 2. The predicted octanol–water partition coefficient (Wildman–Crippen LogP) is 2.33. The van der Waals surface area contributed by atoms with Crippen LogP contribution in [0.15, 0.2) is 18.2 Å². The molecule has 1 fully saturated rings. The van der Waals surface area contributed by atoms with Crippen molar-refractivity contribution in [3.8, 4) is 0 Å². The highest BCUT2D eigenvalue weighted by Gasteiger charge is 2.16. The van der Waals surface area contributed by atoms with Crippen molar-refractivity contribution in [3.63, 3.8) is 0 Å². The zero-order valence-corrected chi connectivity index (χ0v) is 10.8. The van der Waals surface area contributed by atoms with Crippen molar-refractivity contribution in [1.82, 2.24) is 10.6 Å². The third-order valence-corrected chi connectivity index (χ3v) is 3.27. The van der Waals surface area contributed by atoms with E-state index in [0.717, 1.165) is 19.5 Å². The van der Waals surface area contributed by atoms with E-state index in [4.69, 9.17) is 23.2 Å². The van der Waals surface area contributed by atoms with Gasteiger partial charge in [-0.25, -0.2) is 0 Å². The third-order valence-electron chi connectivity index (χ3n) is 2.84. The van der Waals surface area contributed by atoms with Gasteiger partial charge in [0.25, 0.3) is 5.91 Å². The van der Waals surface area contributed by atoms with Crippen molar-refractivity contribution in [1.29, 1.82) is 0 Å². The highest BCUT2D eigenvalue weighted by Crippen LogP contribution is 2.19. The van der Waals surface area contributed by atoms with E-state index < -0.39 is 0 Å². The van der Waals surface area contributed by atoms with E-state index in [0.29, 0.717) is 28.1 Å². The standard InChI is InChI=1S/C12H14Cl2N2O/c13-10-3-9(4-11(14)5-10)12(17)16-7-8-1-2-15-6-8/h3-5,8,15H,1-2,6-7H2,(H,16,17)/t8-/m1/s1. The third kappa shape index (κ3) is 3.60. The Balaban J connectivity index is 1.94. The summed E-state index contributed by atoms with van der Waals surface area (Å²) in [5.74, 6) is 0.398. The van der Waals surface area contributed by atoms with Crippen molar-refractivity contribution in [2.45, 2.75) is 6.42 Å². The van der Waals surface area contributed by atoms with Crippen molar-refractivity contribution in [3.05, 3.63) is 33.8 Å². The fraction of sp³-hybridized carbons (Fsp3) is 0.417. The molecule has 5 heteroatoms. The SMILES string of the molecule is O=C(NC[C@@H]1CCNC1)c1cc(Cl)cc(Cl)c1. The molecular weight excluding hydrogens is 259 g/mol. The van der Waals surface area contributed by atoms with Crippen LogP contribution >= 0.6 is 23.2 Å². The molecule has 1 aromatic carbocycles. The number of amides is 1. The molecule has 0 saturated carbocycles. The topological polar surface area (TPSA) is 41.1 Å². The average Bonchev–Trinajstić information content (AvgIpc) is 2.77. The van der Waals surface area contributed by atoms with Crippen LogP contribution in [0.2, 0.25) is 10.0 Å². The summed E-state index contributed by atoms with van der Waals surface area (Å²) in [5, 5.41) is 7.11. The number of carbonyl (C=O) groups is 1. The van der Waals surface area contributed by atoms with Gasteiger partial charge in [0.1, 0.15) is 0 Å². The van der Waals surface area contributed by atoms with Gasteiger partial charge in [-0.1, -0.05) is 23.2 Å². The summed E-state index contributed by atoms with van der Waals surface area (Å²) in [4.78, 5) is 11.9. The molecule has 0 aliphatic carbocycles. The Morgan fingerprint density at radius 1 is 1.35 bits per heavy atom. The van der Waals surface area contributed by atoms with Gasteiger partial charge in [0.2, 0.25) is 0 Å². The van der Waals surface area contributed by atoms with E-state index in [2.05, 4.69) is 10.6 Å². The van der Waals surface area contributed by atoms with Crippen molar-refractivity contribution < 1.29 is 4.79 Å². The molecular formula is C12H14Cl2N2O. The quantitative estimate of drug-likeness (QED) is 0.887. The molecule has 0 bridgehead atoms. The number of hydrogen-bond acceptors (Lipinski definition) is 2. The minimum absolute atomic E-state index is 0.124. The number of carbonyl (C=O) groups excluding carboxylic acids is 1. The second-order valence-corrected chi connectivity index (χ2v) is 5.10. The van der Waals surface area contributed by atoms with E-state index in [1.54, 1.807) is 18.2 Å². The lowest BCUT2D eigenvalue weighted by atomic mass is 10.1. The first-order valence-corrected chi connectivity index (χ1v) is 6.36. The van der Waals surface area contributed by atoms with Gasteiger partial charge < -0.3 is 10.6 Å². The molecule has 92 valence electrons. The molecule has 1 aromatic rings. The highest BCUT2D eigenvalue weighted by molar-refractivity contribution is 6.35. The van der Waals surface area contributed by atoms with Crippen LogP contribution in [0.3, 0.4) is 0 Å². The monoisotopic (exact) mass is 272 g/mol. The molecule has 0 radical (unpaired) electrons. The molecule has 0 aromatic heterocycles. The first-order chi connectivity index (χ1) is 8.15. The maximum absolute atomic E-state index is 11.9. The molecule has 2 N–H and O–H groups in total. The molecule has 17 heavy (non-hydrogen) atoms. The molecule has 0 spiro atoms. The summed E-state index contributed by atoms with van der Waals surface area (Å²) in [6.07, 6.45) is 1.11. The zero-order chi connectivity index (χ0) is 12.3. The van der Waals surface area contributed by atoms with E-state index in [1.807, 2.05) is 0 Å². The fourth-order valence-electron chi connectivity index (χ4n) is 1.91. The number of benzene rings is 1. The summed E-state index contributed by atoms with van der Waals surface area (Å²) in [7, 11) is 0. The van der Waals surface area contributed by atoms with Crippen LogP contribution in [-0.2, 0) is 0 Å². The van der Waals surface area contributed by atoms with Crippen LogP contribution in [0.5, 0.6) is 0 Å². The Morgan fingerprint density at radius 2 is 2.06 bits per heavy atom. The van der Waals surface area contributed by atoms with E-state index >= 15 is 0 Å². The maximum Gasteiger partial charge on any atom is 0.251 e. The molecule has 1 atom stereocenters. The Bertz CT molecular complexity index is 397. The highest BCUT2D eigenvalue weighted by atomic mass is 35.5. The lowest BCUT2D eigenvalue weighted by Gasteiger charge is -2.10. The summed E-state index contributed by atoms with van der Waals surface area (Å²) >= 11 is 11.7. The zero-order valence-electron chi connectivity index (χ0n) is 9.30. The van der Waals surface area contributed by atoms with Crippen LogP contribution in [0.1, 0.15) is 16.8 Å². The molecule has 1 aliphatic heterocycles. The lowest BCUT2D eigenvalue weighted by molar-refractivity contribution is 0.0948. The van der Waals surface area contributed by atoms with Gasteiger partial charge >= 0.3 is 0 Å². The largest absolute Gasteiger partial charge is 0.352 e. The molecule has 1 heterocycles. The van der Waals surface area contributed by atoms with Crippen LogP contribution in [-0.4, -0.2) is 25.5 Å². The normalized spacial score (nSPS) is 19.3. The van der Waals surface area contributed by atoms with Gasteiger partial charge in [-0.2, -0.15) is 0 Å². The van der Waals surface area contributed by atoms with Crippen LogP contribution in [0, 0.1) is 5.92 Å². The van der Waals surface area contributed by atoms with E-state index in [9.17, 15) is 4.79 Å². The minimum Gasteiger partial charge on any atom is -0.352 e. The first-order valence-electron chi connectivity index (χ1n) is 5.60. The minimum atomic E-state index is -0.124. The Kier molecular flexibility index (Phi) is 4.26. The summed E-state index contributed by atoms with van der Waals surface area (Å²) in [5.41, 5.74) is 0.508. The fourth-order valence-corrected chi connectivity index (χ4v) is 2.44. The number of nitrogens with one attached hydrogen (secondary N) is 2. The second kappa shape index (κ2) is 5.71. The first kappa shape index (κ1) is 12.7. The summed E-state index contributed by atoms with van der Waals surface area (Å²) in [6, 6.07) is 4.85. The molecule has 1 amide bonds. The van der Waals surface area contributed by atoms with Gasteiger partial charge in [0.05, 0.1) is 0 Å². The Hall–Kier alpha value is -0.770. The van der Waals surface area contributed by atoms with Crippen LogP contribution in [0.4, 0.5) is 0 Å². The van der Waals surface area contributed by atoms with Crippen LogP contribution < -0.4 is 10.6 Å². The second-order valence-electron chi connectivity index (χ2n) is 4.23. The van der Waals surface area contributed by atoms with Gasteiger partial charge in [0.15, 0.2) is 0 Å². The summed E-state index contributed by atoms with van der Waals surface area (Å²) < 4.78 is 0. The van der Waals surface area contributed by atoms with Crippen molar-refractivity contribution in [2.75, 3.05) is 19.6 Å².